The molecule has 0 spiro atoms. The van der Waals surface area contributed by atoms with Crippen LogP contribution in [0.15, 0.2) is 0 Å². The van der Waals surface area contributed by atoms with Crippen molar-refractivity contribution in [2.45, 2.75) is 82.7 Å². The number of carbonyl (C=O) groups excluding carboxylic acids is 2. The summed E-state index contributed by atoms with van der Waals surface area (Å²) in [5.41, 5.74) is -0.173. The van der Waals surface area contributed by atoms with Crippen molar-refractivity contribution < 1.29 is 9.59 Å². The summed E-state index contributed by atoms with van der Waals surface area (Å²) in [6.45, 7) is 3.33. The van der Waals surface area contributed by atoms with E-state index in [-0.39, 0.29) is 23.4 Å². The van der Waals surface area contributed by atoms with Crippen LogP contribution in [0.1, 0.15) is 70.6 Å². The van der Waals surface area contributed by atoms with Gasteiger partial charge in [0.05, 0.1) is 5.41 Å². The van der Waals surface area contributed by atoms with Gasteiger partial charge in [0.25, 0.3) is 0 Å². The van der Waals surface area contributed by atoms with E-state index in [1.165, 1.54) is 38.5 Å². The minimum atomic E-state index is -0.173. The Bertz CT molecular complexity index is 540. The highest BCUT2D eigenvalue weighted by Crippen LogP contribution is 2.44. The number of nitrogens with one attached hydrogen (secondary N) is 3. The summed E-state index contributed by atoms with van der Waals surface area (Å²) >= 11 is 0. The number of urea groups is 1. The molecule has 4 aliphatic rings. The zero-order valence-corrected chi connectivity index (χ0v) is 16.6. The highest BCUT2D eigenvalue weighted by Gasteiger charge is 2.50. The number of amides is 3. The molecule has 2 atom stereocenters. The van der Waals surface area contributed by atoms with Gasteiger partial charge in [0.2, 0.25) is 5.91 Å². The third kappa shape index (κ3) is 4.10. The lowest BCUT2D eigenvalue weighted by atomic mass is 9.67. The maximum atomic E-state index is 13.1. The topological polar surface area (TPSA) is 73.5 Å². The molecule has 2 heterocycles. The summed E-state index contributed by atoms with van der Waals surface area (Å²) < 4.78 is 0. The van der Waals surface area contributed by atoms with E-state index in [2.05, 4.69) is 16.0 Å². The Balaban J connectivity index is 1.24. The second kappa shape index (κ2) is 8.38. The molecule has 6 heteroatoms. The van der Waals surface area contributed by atoms with Gasteiger partial charge in [-0.2, -0.15) is 0 Å². The van der Waals surface area contributed by atoms with Gasteiger partial charge >= 0.3 is 6.03 Å². The van der Waals surface area contributed by atoms with Gasteiger partial charge < -0.3 is 20.9 Å². The molecule has 0 bridgehead atoms. The minimum absolute atomic E-state index is 0.0950. The number of hydrogen-bond donors (Lipinski definition) is 3. The van der Waals surface area contributed by atoms with Crippen LogP contribution in [0, 0.1) is 11.3 Å². The van der Waals surface area contributed by atoms with Crippen LogP contribution in [-0.2, 0) is 4.79 Å². The Morgan fingerprint density at radius 2 is 1.56 bits per heavy atom. The number of carbonyl (C=O) groups is 2. The van der Waals surface area contributed by atoms with Gasteiger partial charge in [-0.25, -0.2) is 4.79 Å². The maximum Gasteiger partial charge on any atom is 0.317 e. The Morgan fingerprint density at radius 3 is 2.33 bits per heavy atom. The van der Waals surface area contributed by atoms with Gasteiger partial charge in [0.15, 0.2) is 0 Å². The lowest BCUT2D eigenvalue weighted by molar-refractivity contribution is -0.135. The summed E-state index contributed by atoms with van der Waals surface area (Å²) in [4.78, 5) is 27.6. The molecule has 0 aromatic rings. The zero-order valence-electron chi connectivity index (χ0n) is 16.6. The van der Waals surface area contributed by atoms with Crippen LogP contribution in [-0.4, -0.2) is 55.1 Å². The van der Waals surface area contributed by atoms with Crippen LogP contribution < -0.4 is 16.0 Å². The average molecular weight is 377 g/mol. The fourth-order valence-electron chi connectivity index (χ4n) is 5.76. The highest BCUT2D eigenvalue weighted by atomic mass is 16.2. The molecule has 0 aromatic heterocycles. The number of fused-ring (bicyclic) bond motifs is 1. The summed E-state index contributed by atoms with van der Waals surface area (Å²) in [5.74, 6) is 0.773. The van der Waals surface area contributed by atoms with Crippen molar-refractivity contribution in [1.29, 1.82) is 0 Å². The molecule has 2 aliphatic heterocycles. The molecule has 27 heavy (non-hydrogen) atoms. The van der Waals surface area contributed by atoms with Crippen LogP contribution >= 0.6 is 0 Å². The summed E-state index contributed by atoms with van der Waals surface area (Å²) in [6, 6.07) is 0.673. The second-order valence-corrected chi connectivity index (χ2v) is 9.25. The standard InChI is InChI=1S/C21H36N4O2/c26-19(21-11-5-4-6-16(21)14-22-15-21)23-18-9-12-25(13-10-18)20(27)24-17-7-2-1-3-8-17/h16-18,22H,1-15H2,(H,23,26)(H,24,27)/t16-,21+/m0/s1. The van der Waals surface area contributed by atoms with Gasteiger partial charge in [-0.3, -0.25) is 4.79 Å². The molecule has 152 valence electrons. The number of likely N-dealkylation sites (tertiary alicyclic amines) is 1. The van der Waals surface area contributed by atoms with Crippen LogP contribution in [0.5, 0.6) is 0 Å². The van der Waals surface area contributed by atoms with Gasteiger partial charge in [-0.1, -0.05) is 32.1 Å². The van der Waals surface area contributed by atoms with Crippen LogP contribution in [0.4, 0.5) is 4.79 Å². The van der Waals surface area contributed by atoms with E-state index in [1.807, 2.05) is 4.90 Å². The molecule has 2 saturated heterocycles. The van der Waals surface area contributed by atoms with Crippen molar-refractivity contribution in [3.63, 3.8) is 0 Å². The van der Waals surface area contributed by atoms with Crippen molar-refractivity contribution in [3.05, 3.63) is 0 Å². The first-order chi connectivity index (χ1) is 13.2. The number of nitrogens with zero attached hydrogens (tertiary/aromatic N) is 1. The van der Waals surface area contributed by atoms with Crippen molar-refractivity contribution in [2.24, 2.45) is 11.3 Å². The van der Waals surface area contributed by atoms with Gasteiger partial charge in [0.1, 0.15) is 0 Å². The summed E-state index contributed by atoms with van der Waals surface area (Å²) in [7, 11) is 0. The van der Waals surface area contributed by atoms with Crippen molar-refractivity contribution >= 4 is 11.9 Å². The van der Waals surface area contributed by atoms with E-state index < -0.39 is 0 Å². The predicted molar refractivity (Wildman–Crippen MR) is 105 cm³/mol. The van der Waals surface area contributed by atoms with E-state index in [9.17, 15) is 9.59 Å². The normalized spacial score (nSPS) is 32.7. The summed E-state index contributed by atoms with van der Waals surface area (Å²) in [6.07, 6.45) is 12.4. The fourth-order valence-corrected chi connectivity index (χ4v) is 5.76. The Hall–Kier alpha value is -1.30. The average Bonchev–Trinajstić information content (AvgIpc) is 3.15. The van der Waals surface area contributed by atoms with Crippen molar-refractivity contribution in [1.82, 2.24) is 20.9 Å². The predicted octanol–water partition coefficient (Wildman–Crippen LogP) is 2.39. The van der Waals surface area contributed by atoms with E-state index in [1.54, 1.807) is 0 Å². The molecule has 2 saturated carbocycles. The van der Waals surface area contributed by atoms with Gasteiger partial charge in [-0.05, 0) is 51.0 Å². The monoisotopic (exact) mass is 376 g/mol. The Morgan fingerprint density at radius 1 is 0.852 bits per heavy atom. The van der Waals surface area contributed by atoms with E-state index >= 15 is 0 Å². The molecule has 3 amide bonds. The molecular formula is C21H36N4O2. The highest BCUT2D eigenvalue weighted by molar-refractivity contribution is 5.84. The zero-order chi connectivity index (χ0) is 18.7. The third-order valence-electron chi connectivity index (χ3n) is 7.54. The quantitative estimate of drug-likeness (QED) is 0.708. The molecule has 0 unspecified atom stereocenters. The largest absolute Gasteiger partial charge is 0.353 e. The molecule has 3 N–H and O–H groups in total. The molecule has 0 radical (unpaired) electrons. The second-order valence-electron chi connectivity index (χ2n) is 9.25. The fraction of sp³-hybridized carbons (Fsp3) is 0.905. The Kier molecular flexibility index (Phi) is 5.90. The molecule has 0 aromatic carbocycles. The third-order valence-corrected chi connectivity index (χ3v) is 7.54. The molecule has 6 nitrogen and oxygen atoms in total. The maximum absolute atomic E-state index is 13.1. The van der Waals surface area contributed by atoms with Gasteiger partial charge in [-0.15, -0.1) is 0 Å². The van der Waals surface area contributed by atoms with E-state index in [4.69, 9.17) is 0 Å². The molecule has 2 aliphatic carbocycles. The molecular weight excluding hydrogens is 340 g/mol. The minimum Gasteiger partial charge on any atom is -0.353 e. The first-order valence-electron chi connectivity index (χ1n) is 11.2. The lowest BCUT2D eigenvalue weighted by Gasteiger charge is -2.40. The van der Waals surface area contributed by atoms with Crippen molar-refractivity contribution in [2.75, 3.05) is 26.2 Å². The lowest BCUT2D eigenvalue weighted by Crippen LogP contribution is -2.55. The number of piperidine rings is 1. The number of rotatable bonds is 3. The smallest absolute Gasteiger partial charge is 0.317 e. The SMILES string of the molecule is O=C(NC1CCCCC1)N1CCC(NC(=O)[C@@]23CCCC[C@H]2CNC3)CC1. The first kappa shape index (κ1) is 19.0. The van der Waals surface area contributed by atoms with Crippen molar-refractivity contribution in [3.8, 4) is 0 Å². The number of hydrogen-bond acceptors (Lipinski definition) is 3. The molecule has 4 fully saturated rings. The molecule has 4 rings (SSSR count). The first-order valence-corrected chi connectivity index (χ1v) is 11.2. The van der Waals surface area contributed by atoms with E-state index in [0.29, 0.717) is 12.0 Å². The summed E-state index contributed by atoms with van der Waals surface area (Å²) in [5, 5.41) is 10.0. The van der Waals surface area contributed by atoms with E-state index in [0.717, 1.165) is 58.3 Å². The van der Waals surface area contributed by atoms with Gasteiger partial charge in [0, 0.05) is 31.7 Å². The Labute approximate surface area is 163 Å². The van der Waals surface area contributed by atoms with Crippen LogP contribution in [0.2, 0.25) is 0 Å². The van der Waals surface area contributed by atoms with Crippen LogP contribution in [0.25, 0.3) is 0 Å². The van der Waals surface area contributed by atoms with Crippen LogP contribution in [0.3, 0.4) is 0 Å².